The van der Waals surface area contributed by atoms with E-state index in [-0.39, 0.29) is 0 Å². The van der Waals surface area contributed by atoms with Gasteiger partial charge in [-0.2, -0.15) is 0 Å². The zero-order chi connectivity index (χ0) is 8.67. The van der Waals surface area contributed by atoms with Crippen LogP contribution in [0.15, 0.2) is 43.0 Å². The molecule has 1 aromatic heterocycles. The zero-order valence-corrected chi connectivity index (χ0v) is 6.99. The number of pyridine rings is 2. The van der Waals surface area contributed by atoms with Crippen molar-refractivity contribution >= 4 is 10.8 Å². The summed E-state index contributed by atoms with van der Waals surface area (Å²) in [5.74, 6) is 0. The Labute approximate surface area is 75.6 Å². The maximum absolute atomic E-state index is 4.10. The highest BCUT2D eigenvalue weighted by Crippen LogP contribution is 2.32. The Bertz CT molecular complexity index is 525. The van der Waals surface area contributed by atoms with Crippen LogP contribution in [-0.4, -0.2) is 9.97 Å². The average Bonchev–Trinajstić information content (AvgIpc) is 2.56. The van der Waals surface area contributed by atoms with E-state index in [1.807, 2.05) is 30.9 Å². The Morgan fingerprint density at radius 2 is 2.23 bits per heavy atom. The number of aromatic nitrogens is 2. The SMILES string of the molecule is c1cc2c3c[nH]ccc-3cc2cn1. The molecule has 0 bridgehead atoms. The molecule has 2 nitrogen and oxygen atoms in total. The summed E-state index contributed by atoms with van der Waals surface area (Å²) in [6.45, 7) is 0. The van der Waals surface area contributed by atoms with Gasteiger partial charge in [-0.1, -0.05) is 0 Å². The van der Waals surface area contributed by atoms with Gasteiger partial charge < -0.3 is 4.98 Å². The number of fused-ring (bicyclic) bond motifs is 3. The van der Waals surface area contributed by atoms with Crippen LogP contribution in [0.2, 0.25) is 0 Å². The second-order valence-electron chi connectivity index (χ2n) is 3.12. The smallest absolute Gasteiger partial charge is 0.0346 e. The Hall–Kier alpha value is -1.83. The van der Waals surface area contributed by atoms with Crippen LogP contribution in [0.5, 0.6) is 0 Å². The molecule has 0 saturated heterocycles. The lowest BCUT2D eigenvalue weighted by atomic mass is 10.1. The summed E-state index contributed by atoms with van der Waals surface area (Å²) in [5, 5.41) is 2.47. The standard InChI is InChI=1S/C11H8N2/c1-3-13-7-11-8(1)5-9-6-12-4-2-10(9)11/h1-7,13H. The maximum atomic E-state index is 4.10. The first kappa shape index (κ1) is 6.66. The van der Waals surface area contributed by atoms with Crippen LogP contribution in [0.25, 0.3) is 21.9 Å². The average molecular weight is 168 g/mol. The van der Waals surface area contributed by atoms with Crippen molar-refractivity contribution in [2.45, 2.75) is 0 Å². The minimum atomic E-state index is 1.21. The predicted molar refractivity (Wildman–Crippen MR) is 52.7 cm³/mol. The van der Waals surface area contributed by atoms with Gasteiger partial charge >= 0.3 is 0 Å². The molecule has 2 heteroatoms. The third kappa shape index (κ3) is 0.855. The molecule has 0 spiro atoms. The molecule has 1 aromatic rings. The Morgan fingerprint density at radius 1 is 1.23 bits per heavy atom. The molecule has 62 valence electrons. The fourth-order valence-corrected chi connectivity index (χ4v) is 1.74. The molecular formula is C11H8N2. The molecule has 0 saturated carbocycles. The quantitative estimate of drug-likeness (QED) is 0.549. The number of hydrogen-bond donors (Lipinski definition) is 1. The minimum Gasteiger partial charge on any atom is -0.367 e. The van der Waals surface area contributed by atoms with E-state index in [9.17, 15) is 0 Å². The van der Waals surface area contributed by atoms with Crippen LogP contribution in [0, 0.1) is 0 Å². The van der Waals surface area contributed by atoms with Gasteiger partial charge in [-0.05, 0) is 29.1 Å². The van der Waals surface area contributed by atoms with E-state index >= 15 is 0 Å². The van der Waals surface area contributed by atoms with Gasteiger partial charge in [0.2, 0.25) is 0 Å². The summed E-state index contributed by atoms with van der Waals surface area (Å²) in [5.41, 5.74) is 2.53. The second kappa shape index (κ2) is 2.33. The molecule has 2 aliphatic rings. The van der Waals surface area contributed by atoms with Gasteiger partial charge in [0, 0.05) is 35.7 Å². The van der Waals surface area contributed by atoms with E-state index < -0.39 is 0 Å². The fourth-order valence-electron chi connectivity index (χ4n) is 1.74. The molecule has 1 N–H and O–H groups in total. The van der Waals surface area contributed by atoms with E-state index in [4.69, 9.17) is 0 Å². The lowest BCUT2D eigenvalue weighted by molar-refractivity contribution is 1.34. The molecule has 3 rings (SSSR count). The number of nitrogens with zero attached hydrogens (tertiary/aromatic N) is 1. The van der Waals surface area contributed by atoms with E-state index in [1.165, 1.54) is 21.9 Å². The van der Waals surface area contributed by atoms with Crippen LogP contribution < -0.4 is 0 Å². The van der Waals surface area contributed by atoms with Crippen LogP contribution in [0.4, 0.5) is 0 Å². The van der Waals surface area contributed by atoms with Crippen molar-refractivity contribution in [3.05, 3.63) is 43.0 Å². The van der Waals surface area contributed by atoms with Gasteiger partial charge in [0.15, 0.2) is 0 Å². The van der Waals surface area contributed by atoms with Crippen molar-refractivity contribution in [3.63, 3.8) is 0 Å². The van der Waals surface area contributed by atoms with E-state index in [1.54, 1.807) is 0 Å². The number of rotatable bonds is 0. The first-order chi connectivity index (χ1) is 6.45. The van der Waals surface area contributed by atoms with Crippen molar-refractivity contribution in [2.24, 2.45) is 0 Å². The van der Waals surface area contributed by atoms with Crippen molar-refractivity contribution < 1.29 is 0 Å². The summed E-state index contributed by atoms with van der Waals surface area (Å²) < 4.78 is 0. The normalized spacial score (nSPS) is 11.1. The molecular weight excluding hydrogens is 160 g/mol. The summed E-state index contributed by atoms with van der Waals surface area (Å²) in [4.78, 5) is 7.19. The highest BCUT2D eigenvalue weighted by Gasteiger charge is 2.07. The minimum absolute atomic E-state index is 1.21. The molecule has 0 amide bonds. The van der Waals surface area contributed by atoms with Crippen molar-refractivity contribution in [3.8, 4) is 11.1 Å². The topological polar surface area (TPSA) is 28.7 Å². The number of hydrogen-bond acceptors (Lipinski definition) is 1. The molecule has 1 aliphatic heterocycles. The van der Waals surface area contributed by atoms with Crippen molar-refractivity contribution in [1.82, 2.24) is 9.97 Å². The molecule has 13 heavy (non-hydrogen) atoms. The number of nitrogens with one attached hydrogen (secondary N) is 1. The first-order valence-electron chi connectivity index (χ1n) is 4.24. The van der Waals surface area contributed by atoms with Crippen LogP contribution in [0.1, 0.15) is 0 Å². The molecule has 2 heterocycles. The molecule has 0 radical (unpaired) electrons. The second-order valence-corrected chi connectivity index (χ2v) is 3.12. The molecule has 0 aromatic carbocycles. The molecule has 1 aliphatic carbocycles. The third-order valence-electron chi connectivity index (χ3n) is 2.35. The van der Waals surface area contributed by atoms with Gasteiger partial charge in [-0.15, -0.1) is 0 Å². The van der Waals surface area contributed by atoms with Gasteiger partial charge in [0.25, 0.3) is 0 Å². The lowest BCUT2D eigenvalue weighted by Gasteiger charge is -1.96. The summed E-state index contributed by atoms with van der Waals surface area (Å²) in [6.07, 6.45) is 7.69. The van der Waals surface area contributed by atoms with Crippen molar-refractivity contribution in [2.75, 3.05) is 0 Å². The highest BCUT2D eigenvalue weighted by molar-refractivity contribution is 6.01. The third-order valence-corrected chi connectivity index (χ3v) is 2.35. The molecule has 0 fully saturated rings. The van der Waals surface area contributed by atoms with Crippen LogP contribution in [-0.2, 0) is 0 Å². The Balaban J connectivity index is 2.56. The summed E-state index contributed by atoms with van der Waals surface area (Å²) in [7, 11) is 0. The predicted octanol–water partition coefficient (Wildman–Crippen LogP) is 2.67. The van der Waals surface area contributed by atoms with Crippen LogP contribution >= 0.6 is 0 Å². The highest BCUT2D eigenvalue weighted by atomic mass is 14.6. The lowest BCUT2D eigenvalue weighted by Crippen LogP contribution is -1.75. The van der Waals surface area contributed by atoms with Crippen molar-refractivity contribution in [1.29, 1.82) is 0 Å². The van der Waals surface area contributed by atoms with E-state index in [0.717, 1.165) is 0 Å². The summed E-state index contributed by atoms with van der Waals surface area (Å²) >= 11 is 0. The molecule has 0 atom stereocenters. The van der Waals surface area contributed by atoms with Crippen LogP contribution in [0.3, 0.4) is 0 Å². The zero-order valence-electron chi connectivity index (χ0n) is 6.99. The van der Waals surface area contributed by atoms with Gasteiger partial charge in [0.1, 0.15) is 0 Å². The largest absolute Gasteiger partial charge is 0.367 e. The first-order valence-corrected chi connectivity index (χ1v) is 4.24. The number of aromatic amines is 1. The van der Waals surface area contributed by atoms with Gasteiger partial charge in [0.05, 0.1) is 0 Å². The monoisotopic (exact) mass is 168 g/mol. The number of H-pyrrole nitrogens is 1. The van der Waals surface area contributed by atoms with Gasteiger partial charge in [-0.25, -0.2) is 0 Å². The summed E-state index contributed by atoms with van der Waals surface area (Å²) in [6, 6.07) is 6.28. The fraction of sp³-hybridized carbons (Fsp3) is 0. The Morgan fingerprint density at radius 3 is 3.23 bits per heavy atom. The Kier molecular flexibility index (Phi) is 1.19. The maximum Gasteiger partial charge on any atom is 0.0346 e. The van der Waals surface area contributed by atoms with E-state index in [0.29, 0.717) is 0 Å². The van der Waals surface area contributed by atoms with E-state index in [2.05, 4.69) is 22.1 Å². The molecule has 0 unspecified atom stereocenters. The van der Waals surface area contributed by atoms with Gasteiger partial charge in [-0.3, -0.25) is 4.98 Å².